The van der Waals surface area contributed by atoms with Crippen LogP contribution in [0.25, 0.3) is 0 Å². The van der Waals surface area contributed by atoms with Gasteiger partial charge in [0.1, 0.15) is 5.75 Å². The normalized spacial score (nSPS) is 13.0. The van der Waals surface area contributed by atoms with Crippen LogP contribution in [0.4, 0.5) is 5.69 Å². The highest BCUT2D eigenvalue weighted by molar-refractivity contribution is 5.80. The quantitative estimate of drug-likeness (QED) is 0.375. The van der Waals surface area contributed by atoms with E-state index in [1.807, 2.05) is 0 Å². The summed E-state index contributed by atoms with van der Waals surface area (Å²) in [5.41, 5.74) is -0.207. The molecule has 0 radical (unpaired) electrons. The molecule has 0 aromatic heterocycles. The number of rotatable bonds is 9. The molecule has 2 rings (SSSR count). The first-order valence-electron chi connectivity index (χ1n) is 7.75. The fourth-order valence-corrected chi connectivity index (χ4v) is 2.12. The molecule has 0 bridgehead atoms. The van der Waals surface area contributed by atoms with Gasteiger partial charge < -0.3 is 19.1 Å². The molecule has 0 saturated heterocycles. The van der Waals surface area contributed by atoms with Crippen molar-refractivity contribution in [2.24, 2.45) is 5.92 Å². The Morgan fingerprint density at radius 2 is 2.04 bits per heavy atom. The molecule has 9 heteroatoms. The van der Waals surface area contributed by atoms with Gasteiger partial charge in [0.05, 0.1) is 12.0 Å². The average Bonchev–Trinajstić information content (AvgIpc) is 3.41. The van der Waals surface area contributed by atoms with Crippen LogP contribution in [-0.2, 0) is 14.3 Å². The van der Waals surface area contributed by atoms with Gasteiger partial charge in [0.2, 0.25) is 5.75 Å². The molecule has 0 N–H and O–H groups in total. The first-order chi connectivity index (χ1) is 11.9. The predicted octanol–water partition coefficient (Wildman–Crippen LogP) is 1.39. The lowest BCUT2D eigenvalue weighted by Gasteiger charge is -2.16. The number of hydrogen-bond acceptors (Lipinski definition) is 7. The van der Waals surface area contributed by atoms with Crippen molar-refractivity contribution in [3.8, 4) is 11.5 Å². The van der Waals surface area contributed by atoms with Crippen LogP contribution in [-0.4, -0.2) is 55.6 Å². The zero-order chi connectivity index (χ0) is 18.4. The van der Waals surface area contributed by atoms with Crippen LogP contribution in [0.5, 0.6) is 11.5 Å². The Morgan fingerprint density at radius 1 is 1.32 bits per heavy atom. The van der Waals surface area contributed by atoms with Gasteiger partial charge in [-0.05, 0) is 24.8 Å². The molecule has 1 saturated carbocycles. The maximum Gasteiger partial charge on any atom is 0.344 e. The largest absolute Gasteiger partial charge is 0.490 e. The minimum absolute atomic E-state index is 0.0211. The summed E-state index contributed by atoms with van der Waals surface area (Å²) in [5.74, 6) is -0.169. The van der Waals surface area contributed by atoms with Crippen LogP contribution in [0.2, 0.25) is 0 Å². The van der Waals surface area contributed by atoms with E-state index in [1.165, 1.54) is 25.3 Å². The molecule has 1 aromatic carbocycles. The Kier molecular flexibility index (Phi) is 6.15. The molecular formula is C16H20N2O7. The van der Waals surface area contributed by atoms with Gasteiger partial charge in [-0.15, -0.1) is 0 Å². The molecule has 1 aliphatic carbocycles. The van der Waals surface area contributed by atoms with E-state index >= 15 is 0 Å². The number of benzene rings is 1. The van der Waals surface area contributed by atoms with Gasteiger partial charge in [-0.2, -0.15) is 0 Å². The number of likely N-dealkylation sites (N-methyl/N-ethyl adjacent to an activating group) is 1. The Bertz CT molecular complexity index is 658. The highest BCUT2D eigenvalue weighted by Gasteiger charge is 2.25. The first kappa shape index (κ1) is 18.5. The van der Waals surface area contributed by atoms with Gasteiger partial charge in [-0.3, -0.25) is 14.9 Å². The van der Waals surface area contributed by atoms with E-state index in [-0.39, 0.29) is 29.7 Å². The highest BCUT2D eigenvalue weighted by Crippen LogP contribution is 2.31. The third-order valence-corrected chi connectivity index (χ3v) is 3.72. The van der Waals surface area contributed by atoms with E-state index in [9.17, 15) is 19.7 Å². The van der Waals surface area contributed by atoms with Gasteiger partial charge in [0.25, 0.3) is 5.91 Å². The summed E-state index contributed by atoms with van der Waals surface area (Å²) in [6.07, 6.45) is 2.26. The standard InChI is InChI=1S/C16H20N2O7/c1-17(8-11-3-4-11)15(19)9-25-16(20)10-24-12-5-6-13(18(21)22)14(7-12)23-2/h5-7,11H,3-4,8-10H2,1-2H3. The zero-order valence-corrected chi connectivity index (χ0v) is 14.1. The number of nitrogens with zero attached hydrogens (tertiary/aromatic N) is 2. The van der Waals surface area contributed by atoms with Crippen LogP contribution >= 0.6 is 0 Å². The lowest BCUT2D eigenvalue weighted by Crippen LogP contribution is -2.33. The molecular weight excluding hydrogens is 332 g/mol. The second kappa shape index (κ2) is 8.32. The lowest BCUT2D eigenvalue weighted by atomic mass is 10.3. The van der Waals surface area contributed by atoms with E-state index in [2.05, 4.69) is 0 Å². The van der Waals surface area contributed by atoms with Crippen molar-refractivity contribution < 1.29 is 28.7 Å². The monoisotopic (exact) mass is 352 g/mol. The lowest BCUT2D eigenvalue weighted by molar-refractivity contribution is -0.385. The zero-order valence-electron chi connectivity index (χ0n) is 14.1. The average molecular weight is 352 g/mol. The Hall–Kier alpha value is -2.84. The number of esters is 1. The van der Waals surface area contributed by atoms with Crippen molar-refractivity contribution in [1.82, 2.24) is 4.90 Å². The number of ether oxygens (including phenoxy) is 3. The van der Waals surface area contributed by atoms with Crippen molar-refractivity contribution in [1.29, 1.82) is 0 Å². The topological polar surface area (TPSA) is 108 Å². The maximum absolute atomic E-state index is 11.8. The van der Waals surface area contributed by atoms with Crippen molar-refractivity contribution in [3.05, 3.63) is 28.3 Å². The van der Waals surface area contributed by atoms with Gasteiger partial charge in [-0.25, -0.2) is 4.79 Å². The summed E-state index contributed by atoms with van der Waals surface area (Å²) in [4.78, 5) is 35.2. The van der Waals surface area contributed by atoms with E-state index in [0.717, 1.165) is 12.8 Å². The van der Waals surface area contributed by atoms with Crippen molar-refractivity contribution in [3.63, 3.8) is 0 Å². The summed E-state index contributed by atoms with van der Waals surface area (Å²) in [5, 5.41) is 10.8. The van der Waals surface area contributed by atoms with Crippen LogP contribution in [0, 0.1) is 16.0 Å². The van der Waals surface area contributed by atoms with Crippen LogP contribution in [0.15, 0.2) is 18.2 Å². The summed E-state index contributed by atoms with van der Waals surface area (Å²) in [7, 11) is 2.97. The number of carbonyl (C=O) groups excluding carboxylic acids is 2. The van der Waals surface area contributed by atoms with Crippen molar-refractivity contribution in [2.45, 2.75) is 12.8 Å². The summed E-state index contributed by atoms with van der Waals surface area (Å²) >= 11 is 0. The smallest absolute Gasteiger partial charge is 0.344 e. The van der Waals surface area contributed by atoms with E-state index < -0.39 is 17.5 Å². The molecule has 0 aliphatic heterocycles. The number of hydrogen-bond donors (Lipinski definition) is 0. The van der Waals surface area contributed by atoms with Crippen LogP contribution < -0.4 is 9.47 Å². The molecule has 0 unspecified atom stereocenters. The third-order valence-electron chi connectivity index (χ3n) is 3.72. The predicted molar refractivity (Wildman–Crippen MR) is 86.5 cm³/mol. The number of amides is 1. The molecule has 0 atom stereocenters. The minimum Gasteiger partial charge on any atom is -0.490 e. The Morgan fingerprint density at radius 3 is 2.64 bits per heavy atom. The Balaban J connectivity index is 1.77. The molecule has 1 aliphatic rings. The fourth-order valence-electron chi connectivity index (χ4n) is 2.12. The molecule has 1 fully saturated rings. The fraction of sp³-hybridized carbons (Fsp3) is 0.500. The molecule has 1 aromatic rings. The first-order valence-corrected chi connectivity index (χ1v) is 7.75. The SMILES string of the molecule is COc1cc(OCC(=O)OCC(=O)N(C)CC2CC2)ccc1[N+](=O)[O-]. The molecule has 136 valence electrons. The Labute approximate surface area is 144 Å². The van der Waals surface area contributed by atoms with Crippen LogP contribution in [0.3, 0.4) is 0 Å². The molecule has 0 heterocycles. The molecule has 0 spiro atoms. The third kappa shape index (κ3) is 5.63. The second-order valence-corrected chi connectivity index (χ2v) is 5.76. The number of carbonyl (C=O) groups is 2. The van der Waals surface area contributed by atoms with Gasteiger partial charge in [0.15, 0.2) is 13.2 Å². The summed E-state index contributed by atoms with van der Waals surface area (Å²) in [6.45, 7) is -0.0783. The number of nitro groups is 1. The van der Waals surface area contributed by atoms with Gasteiger partial charge in [-0.1, -0.05) is 0 Å². The van der Waals surface area contributed by atoms with E-state index in [4.69, 9.17) is 14.2 Å². The van der Waals surface area contributed by atoms with E-state index in [1.54, 1.807) is 11.9 Å². The number of nitro benzene ring substituents is 1. The van der Waals surface area contributed by atoms with E-state index in [0.29, 0.717) is 12.5 Å². The highest BCUT2D eigenvalue weighted by atomic mass is 16.6. The molecule has 25 heavy (non-hydrogen) atoms. The number of methoxy groups -OCH3 is 1. The van der Waals surface area contributed by atoms with Crippen LogP contribution in [0.1, 0.15) is 12.8 Å². The molecule has 1 amide bonds. The van der Waals surface area contributed by atoms with Crippen molar-refractivity contribution in [2.75, 3.05) is 33.9 Å². The van der Waals surface area contributed by atoms with Crippen molar-refractivity contribution >= 4 is 17.6 Å². The summed E-state index contributed by atoms with van der Waals surface area (Å²) in [6, 6.07) is 3.87. The summed E-state index contributed by atoms with van der Waals surface area (Å²) < 4.78 is 15.0. The molecule has 9 nitrogen and oxygen atoms in total. The van der Waals surface area contributed by atoms with Gasteiger partial charge in [0, 0.05) is 25.7 Å². The second-order valence-electron chi connectivity index (χ2n) is 5.76. The minimum atomic E-state index is -0.703. The maximum atomic E-state index is 11.8. The van der Waals surface area contributed by atoms with Gasteiger partial charge >= 0.3 is 11.7 Å².